The molecule has 2 N–H and O–H groups in total. The van der Waals surface area contributed by atoms with E-state index >= 15 is 0 Å². The van der Waals surface area contributed by atoms with Crippen LogP contribution in [0.5, 0.6) is 0 Å². The lowest BCUT2D eigenvalue weighted by molar-refractivity contribution is 0.0696. The molecule has 0 radical (unpaired) electrons. The highest BCUT2D eigenvalue weighted by molar-refractivity contribution is 7.89. The summed E-state index contributed by atoms with van der Waals surface area (Å²) in [6.07, 6.45) is 4.35. The van der Waals surface area contributed by atoms with Crippen LogP contribution >= 0.6 is 0 Å². The molecule has 21 heavy (non-hydrogen) atoms. The fourth-order valence-corrected chi connectivity index (χ4v) is 4.19. The highest BCUT2D eigenvalue weighted by Crippen LogP contribution is 2.29. The molecule has 1 aromatic carbocycles. The number of nitrogens with one attached hydrogen (secondary N) is 1. The first-order chi connectivity index (χ1) is 9.73. The number of carboxylic acids is 1. The van der Waals surface area contributed by atoms with Gasteiger partial charge in [-0.2, -0.15) is 0 Å². The normalized spacial score (nSPS) is 18.4. The number of carboxylic acid groups (broad SMARTS) is 1. The van der Waals surface area contributed by atoms with Gasteiger partial charge in [-0.25, -0.2) is 22.3 Å². The van der Waals surface area contributed by atoms with Crippen LogP contribution in [0.2, 0.25) is 0 Å². The maximum absolute atomic E-state index is 13.9. The van der Waals surface area contributed by atoms with Crippen molar-refractivity contribution in [1.29, 1.82) is 0 Å². The van der Waals surface area contributed by atoms with Crippen LogP contribution < -0.4 is 4.72 Å². The smallest absolute Gasteiger partial charge is 0.335 e. The third-order valence-electron chi connectivity index (χ3n) is 3.81. The van der Waals surface area contributed by atoms with Gasteiger partial charge >= 0.3 is 5.97 Å². The molecule has 0 saturated heterocycles. The number of carbonyl (C=O) groups is 1. The molecule has 0 aliphatic heterocycles. The summed E-state index contributed by atoms with van der Waals surface area (Å²) in [6.45, 7) is 1.81. The molecule has 0 bridgehead atoms. The third-order valence-corrected chi connectivity index (χ3v) is 5.48. The Morgan fingerprint density at radius 3 is 2.43 bits per heavy atom. The fourth-order valence-electron chi connectivity index (χ4n) is 2.67. The van der Waals surface area contributed by atoms with Crippen molar-refractivity contribution in [3.05, 3.63) is 29.6 Å². The van der Waals surface area contributed by atoms with Crippen LogP contribution in [-0.4, -0.2) is 25.0 Å². The first kappa shape index (κ1) is 15.9. The monoisotopic (exact) mass is 315 g/mol. The summed E-state index contributed by atoms with van der Waals surface area (Å²) in [5.41, 5.74) is -0.857. The topological polar surface area (TPSA) is 83.5 Å². The number of sulfonamides is 1. The van der Waals surface area contributed by atoms with Gasteiger partial charge in [0.15, 0.2) is 0 Å². The molecule has 0 amide bonds. The van der Waals surface area contributed by atoms with Crippen LogP contribution in [0.25, 0.3) is 0 Å². The van der Waals surface area contributed by atoms with Gasteiger partial charge in [0.2, 0.25) is 10.0 Å². The zero-order chi connectivity index (χ0) is 15.7. The lowest BCUT2D eigenvalue weighted by Gasteiger charge is -2.34. The Kier molecular flexibility index (Phi) is 4.34. The molecule has 0 unspecified atom stereocenters. The van der Waals surface area contributed by atoms with Crippen LogP contribution in [0.15, 0.2) is 23.1 Å². The summed E-state index contributed by atoms with van der Waals surface area (Å²) in [5.74, 6) is -2.35. The molecular weight excluding hydrogens is 297 g/mol. The molecule has 1 aliphatic rings. The average Bonchev–Trinajstić information content (AvgIpc) is 2.37. The van der Waals surface area contributed by atoms with Gasteiger partial charge in [0.25, 0.3) is 0 Å². The Balaban J connectivity index is 2.29. The van der Waals surface area contributed by atoms with E-state index in [0.29, 0.717) is 12.8 Å². The Bertz CT molecular complexity index is 651. The van der Waals surface area contributed by atoms with E-state index in [-0.39, 0.29) is 5.56 Å². The molecule has 0 aromatic heterocycles. The molecule has 5 nitrogen and oxygen atoms in total. The Hall–Kier alpha value is -1.47. The predicted molar refractivity (Wildman–Crippen MR) is 75.2 cm³/mol. The standard InChI is InChI=1S/C14H18FNO4S/c1-14(7-3-2-4-8-14)16-21(19,20)12-6-5-10(13(17)18)9-11(12)15/h5-6,9,16H,2-4,7-8H2,1H3,(H,17,18). The molecule has 116 valence electrons. The van der Waals surface area contributed by atoms with E-state index in [1.165, 1.54) is 0 Å². The van der Waals surface area contributed by atoms with Crippen molar-refractivity contribution < 1.29 is 22.7 Å². The second kappa shape index (κ2) is 5.73. The van der Waals surface area contributed by atoms with E-state index in [2.05, 4.69) is 4.72 Å². The Morgan fingerprint density at radius 1 is 1.29 bits per heavy atom. The largest absolute Gasteiger partial charge is 0.478 e. The zero-order valence-electron chi connectivity index (χ0n) is 11.7. The van der Waals surface area contributed by atoms with Crippen LogP contribution in [-0.2, 0) is 10.0 Å². The number of benzene rings is 1. The average molecular weight is 315 g/mol. The summed E-state index contributed by atoms with van der Waals surface area (Å²) in [4.78, 5) is 10.2. The lowest BCUT2D eigenvalue weighted by Crippen LogP contribution is -2.47. The number of hydrogen-bond donors (Lipinski definition) is 2. The van der Waals surface area contributed by atoms with Crippen molar-refractivity contribution in [3.8, 4) is 0 Å². The predicted octanol–water partition coefficient (Wildman–Crippen LogP) is 2.53. The quantitative estimate of drug-likeness (QED) is 0.894. The number of aromatic carboxylic acids is 1. The fraction of sp³-hybridized carbons (Fsp3) is 0.500. The SMILES string of the molecule is CC1(NS(=O)(=O)c2ccc(C(=O)O)cc2F)CCCCC1. The van der Waals surface area contributed by atoms with Gasteiger partial charge < -0.3 is 5.11 Å². The molecule has 1 aromatic rings. The second-order valence-electron chi connectivity index (χ2n) is 5.68. The van der Waals surface area contributed by atoms with E-state index in [1.807, 2.05) is 6.92 Å². The maximum atomic E-state index is 13.9. The minimum Gasteiger partial charge on any atom is -0.478 e. The van der Waals surface area contributed by atoms with Crippen molar-refractivity contribution in [3.63, 3.8) is 0 Å². The molecule has 2 rings (SSSR count). The van der Waals surface area contributed by atoms with Crippen molar-refractivity contribution in [2.24, 2.45) is 0 Å². The summed E-state index contributed by atoms with van der Waals surface area (Å²) in [7, 11) is -4.01. The number of rotatable bonds is 4. The van der Waals surface area contributed by atoms with Crippen LogP contribution in [0.3, 0.4) is 0 Å². The van der Waals surface area contributed by atoms with Crippen molar-refractivity contribution in [2.45, 2.75) is 49.5 Å². The Morgan fingerprint density at radius 2 is 1.90 bits per heavy atom. The van der Waals surface area contributed by atoms with Gasteiger partial charge in [0, 0.05) is 5.54 Å². The van der Waals surface area contributed by atoms with Gasteiger partial charge in [-0.05, 0) is 38.0 Å². The minimum absolute atomic E-state index is 0.282. The van der Waals surface area contributed by atoms with Gasteiger partial charge in [0.1, 0.15) is 10.7 Å². The molecule has 1 fully saturated rings. The highest BCUT2D eigenvalue weighted by atomic mass is 32.2. The summed E-state index contributed by atoms with van der Waals surface area (Å²) in [6, 6.07) is 2.80. The van der Waals surface area contributed by atoms with E-state index in [0.717, 1.165) is 37.5 Å². The zero-order valence-corrected chi connectivity index (χ0v) is 12.5. The van der Waals surface area contributed by atoms with Crippen LogP contribution in [0, 0.1) is 5.82 Å². The van der Waals surface area contributed by atoms with E-state index in [9.17, 15) is 17.6 Å². The molecule has 0 atom stereocenters. The lowest BCUT2D eigenvalue weighted by atomic mass is 9.84. The molecule has 0 spiro atoms. The number of hydrogen-bond acceptors (Lipinski definition) is 3. The van der Waals surface area contributed by atoms with Crippen LogP contribution in [0.4, 0.5) is 4.39 Å². The van der Waals surface area contributed by atoms with E-state index < -0.39 is 32.2 Å². The first-order valence-electron chi connectivity index (χ1n) is 6.80. The third kappa shape index (κ3) is 3.59. The van der Waals surface area contributed by atoms with Crippen molar-refractivity contribution in [1.82, 2.24) is 4.72 Å². The van der Waals surface area contributed by atoms with Crippen LogP contribution in [0.1, 0.15) is 49.4 Å². The molecular formula is C14H18FNO4S. The second-order valence-corrected chi connectivity index (χ2v) is 7.33. The van der Waals surface area contributed by atoms with Gasteiger partial charge in [0.05, 0.1) is 5.56 Å². The van der Waals surface area contributed by atoms with Crippen molar-refractivity contribution in [2.75, 3.05) is 0 Å². The first-order valence-corrected chi connectivity index (χ1v) is 8.29. The van der Waals surface area contributed by atoms with E-state index in [4.69, 9.17) is 5.11 Å². The molecule has 1 saturated carbocycles. The molecule has 7 heteroatoms. The Labute approximate surface area is 123 Å². The van der Waals surface area contributed by atoms with E-state index in [1.54, 1.807) is 0 Å². The van der Waals surface area contributed by atoms with Gasteiger partial charge in [-0.3, -0.25) is 0 Å². The molecule has 0 heterocycles. The highest BCUT2D eigenvalue weighted by Gasteiger charge is 2.33. The van der Waals surface area contributed by atoms with Crippen molar-refractivity contribution >= 4 is 16.0 Å². The summed E-state index contributed by atoms with van der Waals surface area (Å²) in [5, 5.41) is 8.77. The minimum atomic E-state index is -4.01. The van der Waals surface area contributed by atoms with Gasteiger partial charge in [-0.1, -0.05) is 19.3 Å². The summed E-state index contributed by atoms with van der Waals surface area (Å²) < 4.78 is 41.1. The maximum Gasteiger partial charge on any atom is 0.335 e. The number of halogens is 1. The van der Waals surface area contributed by atoms with Gasteiger partial charge in [-0.15, -0.1) is 0 Å². The summed E-state index contributed by atoms with van der Waals surface area (Å²) >= 11 is 0. The molecule has 1 aliphatic carbocycles.